The number of nitrogens with one attached hydrogen (secondary N) is 1. The summed E-state index contributed by atoms with van der Waals surface area (Å²) in [5.74, 6) is 0.182. The Kier molecular flexibility index (Phi) is 5.81. The molecule has 32 heavy (non-hydrogen) atoms. The van der Waals surface area contributed by atoms with Crippen LogP contribution in [0.3, 0.4) is 0 Å². The van der Waals surface area contributed by atoms with Crippen molar-refractivity contribution in [2.24, 2.45) is 0 Å². The van der Waals surface area contributed by atoms with E-state index in [0.717, 1.165) is 28.8 Å². The van der Waals surface area contributed by atoms with Crippen molar-refractivity contribution >= 4 is 29.2 Å². The summed E-state index contributed by atoms with van der Waals surface area (Å²) in [7, 11) is 0. The molecule has 1 heterocycles. The summed E-state index contributed by atoms with van der Waals surface area (Å²) in [6.07, 6.45) is -0.964. The van der Waals surface area contributed by atoms with Gasteiger partial charge in [-0.05, 0) is 60.0 Å². The minimum absolute atomic E-state index is 0.292. The van der Waals surface area contributed by atoms with Gasteiger partial charge < -0.3 is 9.72 Å². The largest absolute Gasteiger partial charge is 0.462 e. The highest BCUT2D eigenvalue weighted by atomic mass is 19.4. The van der Waals surface area contributed by atoms with E-state index < -0.39 is 11.7 Å². The standard InChI is InChI=1S/C25H19F3N2O2/c1-2-32-24(31)20-6-4-3-5-19(20)17-10-13-21-22(15-17)30-23(29-21)14-9-16-7-11-18(12-8-16)25(26,27)28/h3-15H,2H2,1H3,(H,29,30). The second-order valence-corrected chi connectivity index (χ2v) is 7.07. The lowest BCUT2D eigenvalue weighted by Gasteiger charge is -2.08. The van der Waals surface area contributed by atoms with E-state index in [4.69, 9.17) is 4.74 Å². The first-order valence-electron chi connectivity index (χ1n) is 9.97. The van der Waals surface area contributed by atoms with Crippen LogP contribution < -0.4 is 0 Å². The van der Waals surface area contributed by atoms with Crippen molar-refractivity contribution in [2.45, 2.75) is 13.1 Å². The van der Waals surface area contributed by atoms with Crippen molar-refractivity contribution in [1.82, 2.24) is 9.97 Å². The number of benzene rings is 3. The van der Waals surface area contributed by atoms with Crippen LogP contribution in [-0.2, 0) is 10.9 Å². The third kappa shape index (κ3) is 4.56. The zero-order chi connectivity index (χ0) is 22.7. The molecule has 0 aliphatic carbocycles. The van der Waals surface area contributed by atoms with Crippen LogP contribution in [0.2, 0.25) is 0 Å². The maximum Gasteiger partial charge on any atom is 0.416 e. The van der Waals surface area contributed by atoms with Gasteiger partial charge in [-0.3, -0.25) is 0 Å². The van der Waals surface area contributed by atoms with E-state index >= 15 is 0 Å². The molecule has 162 valence electrons. The number of ether oxygens (including phenoxy) is 1. The first kappa shape index (κ1) is 21.4. The Balaban J connectivity index is 1.61. The number of halogens is 3. The predicted octanol–water partition coefficient (Wildman–Crippen LogP) is 6.60. The van der Waals surface area contributed by atoms with E-state index in [1.165, 1.54) is 12.1 Å². The highest BCUT2D eigenvalue weighted by Crippen LogP contribution is 2.30. The summed E-state index contributed by atoms with van der Waals surface area (Å²) in [5, 5.41) is 0. The summed E-state index contributed by atoms with van der Waals surface area (Å²) >= 11 is 0. The number of alkyl halides is 3. The third-order valence-electron chi connectivity index (χ3n) is 4.91. The average Bonchev–Trinajstić information content (AvgIpc) is 3.20. The Morgan fingerprint density at radius 3 is 2.50 bits per heavy atom. The van der Waals surface area contributed by atoms with Crippen molar-refractivity contribution < 1.29 is 22.7 Å². The lowest BCUT2D eigenvalue weighted by Crippen LogP contribution is -2.06. The maximum absolute atomic E-state index is 12.7. The second kappa shape index (κ2) is 8.70. The van der Waals surface area contributed by atoms with E-state index in [9.17, 15) is 18.0 Å². The van der Waals surface area contributed by atoms with Crippen molar-refractivity contribution in [1.29, 1.82) is 0 Å². The Bertz CT molecular complexity index is 1290. The number of esters is 1. The number of H-pyrrole nitrogens is 1. The van der Waals surface area contributed by atoms with E-state index in [-0.39, 0.29) is 5.97 Å². The molecular formula is C25H19F3N2O2. The van der Waals surface area contributed by atoms with Crippen molar-refractivity contribution in [3.63, 3.8) is 0 Å². The molecule has 0 saturated heterocycles. The summed E-state index contributed by atoms with van der Waals surface area (Å²) in [4.78, 5) is 20.0. The molecule has 1 aromatic heterocycles. The smallest absolute Gasteiger partial charge is 0.416 e. The zero-order valence-electron chi connectivity index (χ0n) is 17.1. The lowest BCUT2D eigenvalue weighted by molar-refractivity contribution is -0.137. The first-order valence-corrected chi connectivity index (χ1v) is 9.97. The summed E-state index contributed by atoms with van der Waals surface area (Å²) in [6.45, 7) is 2.05. The monoisotopic (exact) mass is 436 g/mol. The molecule has 0 bridgehead atoms. The Morgan fingerprint density at radius 2 is 1.78 bits per heavy atom. The van der Waals surface area contributed by atoms with E-state index in [1.54, 1.807) is 31.2 Å². The van der Waals surface area contributed by atoms with Gasteiger partial charge in [-0.15, -0.1) is 0 Å². The van der Waals surface area contributed by atoms with Gasteiger partial charge in [0.15, 0.2) is 0 Å². The summed E-state index contributed by atoms with van der Waals surface area (Å²) < 4.78 is 43.2. The van der Waals surface area contributed by atoms with Gasteiger partial charge in [0.25, 0.3) is 0 Å². The fraction of sp³-hybridized carbons (Fsp3) is 0.120. The molecule has 0 radical (unpaired) electrons. The number of fused-ring (bicyclic) bond motifs is 1. The molecule has 4 aromatic rings. The Hall–Kier alpha value is -3.87. The van der Waals surface area contributed by atoms with Crippen LogP contribution >= 0.6 is 0 Å². The highest BCUT2D eigenvalue weighted by Gasteiger charge is 2.29. The molecule has 0 fully saturated rings. The number of aromatic nitrogens is 2. The van der Waals surface area contributed by atoms with Gasteiger partial charge in [-0.1, -0.05) is 42.5 Å². The van der Waals surface area contributed by atoms with Gasteiger partial charge in [0.05, 0.1) is 28.8 Å². The molecule has 3 aromatic carbocycles. The van der Waals surface area contributed by atoms with Gasteiger partial charge in [0.1, 0.15) is 5.82 Å². The number of rotatable bonds is 5. The number of hydrogen-bond acceptors (Lipinski definition) is 3. The molecule has 7 heteroatoms. The maximum atomic E-state index is 12.7. The van der Waals surface area contributed by atoms with Gasteiger partial charge >= 0.3 is 12.1 Å². The SMILES string of the molecule is CCOC(=O)c1ccccc1-c1ccc2[nH]c(C=Cc3ccc(C(F)(F)F)cc3)nc2c1. The average molecular weight is 436 g/mol. The number of carbonyl (C=O) groups is 1. The molecule has 0 aliphatic rings. The number of imidazole rings is 1. The second-order valence-electron chi connectivity index (χ2n) is 7.07. The van der Waals surface area contributed by atoms with Crippen LogP contribution in [0.4, 0.5) is 13.2 Å². The van der Waals surface area contributed by atoms with Gasteiger partial charge in [0.2, 0.25) is 0 Å². The molecule has 0 atom stereocenters. The Labute approximate surface area is 182 Å². The minimum atomic E-state index is -4.36. The first-order chi connectivity index (χ1) is 15.3. The number of aromatic amines is 1. The van der Waals surface area contributed by atoms with Gasteiger partial charge in [0, 0.05) is 0 Å². The fourth-order valence-electron chi connectivity index (χ4n) is 3.35. The molecule has 0 unspecified atom stereocenters. The summed E-state index contributed by atoms with van der Waals surface area (Å²) in [6, 6.07) is 17.8. The number of hydrogen-bond donors (Lipinski definition) is 1. The number of carbonyl (C=O) groups excluding carboxylic acids is 1. The fourth-order valence-corrected chi connectivity index (χ4v) is 3.35. The zero-order valence-corrected chi connectivity index (χ0v) is 17.1. The van der Waals surface area contributed by atoms with Crippen LogP contribution in [0.1, 0.15) is 34.2 Å². The molecule has 1 N–H and O–H groups in total. The lowest BCUT2D eigenvalue weighted by atomic mass is 9.99. The highest BCUT2D eigenvalue weighted by molar-refractivity contribution is 5.98. The van der Waals surface area contributed by atoms with Crippen LogP contribution in [0, 0.1) is 0 Å². The van der Waals surface area contributed by atoms with Crippen LogP contribution in [-0.4, -0.2) is 22.5 Å². The molecule has 0 amide bonds. The van der Waals surface area contributed by atoms with E-state index in [0.29, 0.717) is 29.1 Å². The topological polar surface area (TPSA) is 55.0 Å². The molecule has 4 rings (SSSR count). The predicted molar refractivity (Wildman–Crippen MR) is 118 cm³/mol. The molecule has 0 saturated carbocycles. The molecule has 0 aliphatic heterocycles. The molecule has 0 spiro atoms. The van der Waals surface area contributed by atoms with Crippen molar-refractivity contribution in [3.05, 3.63) is 89.2 Å². The van der Waals surface area contributed by atoms with Crippen molar-refractivity contribution in [2.75, 3.05) is 6.61 Å². The quantitative estimate of drug-likeness (QED) is 0.359. The van der Waals surface area contributed by atoms with Crippen LogP contribution in [0.25, 0.3) is 34.3 Å². The van der Waals surface area contributed by atoms with Crippen LogP contribution in [0.5, 0.6) is 0 Å². The van der Waals surface area contributed by atoms with Crippen molar-refractivity contribution in [3.8, 4) is 11.1 Å². The number of nitrogens with zero attached hydrogens (tertiary/aromatic N) is 1. The minimum Gasteiger partial charge on any atom is -0.462 e. The van der Waals surface area contributed by atoms with E-state index in [2.05, 4.69) is 9.97 Å². The molecular weight excluding hydrogens is 417 g/mol. The third-order valence-corrected chi connectivity index (χ3v) is 4.91. The normalized spacial score (nSPS) is 11.9. The molecule has 4 nitrogen and oxygen atoms in total. The van der Waals surface area contributed by atoms with Gasteiger partial charge in [-0.2, -0.15) is 13.2 Å². The Morgan fingerprint density at radius 1 is 1.03 bits per heavy atom. The van der Waals surface area contributed by atoms with Crippen LogP contribution in [0.15, 0.2) is 66.7 Å². The van der Waals surface area contributed by atoms with Gasteiger partial charge in [-0.25, -0.2) is 9.78 Å². The summed E-state index contributed by atoms with van der Waals surface area (Å²) in [5.41, 5.74) is 3.49. The van der Waals surface area contributed by atoms with E-state index in [1.807, 2.05) is 30.3 Å².